The first-order chi connectivity index (χ1) is 15.7. The standard InChI is InChI=1S/C26H41F3N2O2/c1-4-5-8-19-30(2)20-9-6-7-10-21-11-15-23(16-12-21)31(3)25(32)33-24-17-13-22(14-18-24)26(27,28)29/h13-14,17-18,21,23H,4-12,15-16,19-20H2,1-3H3/t21-,23-. The zero-order valence-electron chi connectivity index (χ0n) is 20.5. The summed E-state index contributed by atoms with van der Waals surface area (Å²) in [5.41, 5.74) is -0.757. The van der Waals surface area contributed by atoms with Crippen LogP contribution in [0, 0.1) is 5.92 Å². The second kappa shape index (κ2) is 13.8. The molecule has 0 radical (unpaired) electrons. The number of unbranched alkanes of at least 4 members (excludes halogenated alkanes) is 4. The molecule has 1 aliphatic carbocycles. The van der Waals surface area contributed by atoms with E-state index >= 15 is 0 Å². The molecule has 0 atom stereocenters. The molecule has 2 rings (SSSR count). The van der Waals surface area contributed by atoms with Crippen LogP contribution in [0.5, 0.6) is 5.75 Å². The number of ether oxygens (including phenoxy) is 1. The van der Waals surface area contributed by atoms with Gasteiger partial charge >= 0.3 is 12.3 Å². The van der Waals surface area contributed by atoms with E-state index in [-0.39, 0.29) is 11.8 Å². The van der Waals surface area contributed by atoms with Crippen LogP contribution in [-0.2, 0) is 6.18 Å². The van der Waals surface area contributed by atoms with E-state index in [0.29, 0.717) is 0 Å². The smallest absolute Gasteiger partial charge is 0.410 e. The minimum atomic E-state index is -4.40. The van der Waals surface area contributed by atoms with E-state index in [9.17, 15) is 18.0 Å². The average Bonchev–Trinajstić information content (AvgIpc) is 2.78. The van der Waals surface area contributed by atoms with Gasteiger partial charge in [-0.05, 0) is 88.8 Å². The van der Waals surface area contributed by atoms with Gasteiger partial charge in [-0.15, -0.1) is 0 Å². The summed E-state index contributed by atoms with van der Waals surface area (Å²) in [5.74, 6) is 0.854. The van der Waals surface area contributed by atoms with Crippen LogP contribution in [0.1, 0.15) is 83.1 Å². The van der Waals surface area contributed by atoms with Crippen molar-refractivity contribution in [3.8, 4) is 5.75 Å². The Bertz CT molecular complexity index is 686. The van der Waals surface area contributed by atoms with Crippen molar-refractivity contribution >= 4 is 6.09 Å². The first-order valence-corrected chi connectivity index (χ1v) is 12.5. The molecule has 0 unspecified atom stereocenters. The van der Waals surface area contributed by atoms with Crippen LogP contribution in [-0.4, -0.2) is 49.1 Å². The van der Waals surface area contributed by atoms with Gasteiger partial charge in [0.1, 0.15) is 5.75 Å². The number of alkyl halides is 3. The molecule has 0 aromatic heterocycles. The van der Waals surface area contributed by atoms with Gasteiger partial charge < -0.3 is 14.5 Å². The fourth-order valence-corrected chi connectivity index (χ4v) is 4.59. The zero-order chi connectivity index (χ0) is 24.3. The van der Waals surface area contributed by atoms with Crippen molar-refractivity contribution in [3.63, 3.8) is 0 Å². The molecule has 4 nitrogen and oxygen atoms in total. The van der Waals surface area contributed by atoms with E-state index in [4.69, 9.17) is 4.74 Å². The van der Waals surface area contributed by atoms with Crippen LogP contribution in [0.25, 0.3) is 0 Å². The second-order valence-electron chi connectivity index (χ2n) is 9.54. The van der Waals surface area contributed by atoms with Gasteiger partial charge in [-0.2, -0.15) is 13.2 Å². The summed E-state index contributed by atoms with van der Waals surface area (Å²) in [5, 5.41) is 0. The van der Waals surface area contributed by atoms with Gasteiger partial charge in [0.05, 0.1) is 5.56 Å². The molecule has 0 bridgehead atoms. The molecule has 0 heterocycles. The van der Waals surface area contributed by atoms with E-state index in [1.54, 1.807) is 11.9 Å². The van der Waals surface area contributed by atoms with Crippen LogP contribution >= 0.6 is 0 Å². The summed E-state index contributed by atoms with van der Waals surface area (Å²) in [6.45, 7) is 4.62. The number of hydrogen-bond donors (Lipinski definition) is 0. The summed E-state index contributed by atoms with van der Waals surface area (Å²) in [7, 11) is 3.93. The lowest BCUT2D eigenvalue weighted by atomic mass is 9.82. The van der Waals surface area contributed by atoms with Gasteiger partial charge in [-0.3, -0.25) is 0 Å². The summed E-state index contributed by atoms with van der Waals surface area (Å²) in [6, 6.07) is 4.36. The first kappa shape index (κ1) is 27.5. The molecule has 33 heavy (non-hydrogen) atoms. The Morgan fingerprint density at radius 3 is 2.12 bits per heavy atom. The number of carbonyl (C=O) groups is 1. The molecule has 0 spiro atoms. The van der Waals surface area contributed by atoms with Gasteiger partial charge in [-0.1, -0.05) is 39.0 Å². The number of carbonyl (C=O) groups excluding carboxylic acids is 1. The van der Waals surface area contributed by atoms with Crippen LogP contribution in [0.15, 0.2) is 24.3 Å². The molecule has 1 aliphatic rings. The Labute approximate surface area is 197 Å². The van der Waals surface area contributed by atoms with Crippen molar-refractivity contribution < 1.29 is 22.7 Å². The van der Waals surface area contributed by atoms with Gasteiger partial charge in [0.15, 0.2) is 0 Å². The number of amides is 1. The van der Waals surface area contributed by atoms with E-state index in [2.05, 4.69) is 18.9 Å². The molecule has 7 heteroatoms. The number of hydrogen-bond acceptors (Lipinski definition) is 3. The Morgan fingerprint density at radius 1 is 0.939 bits per heavy atom. The summed E-state index contributed by atoms with van der Waals surface area (Å²) >= 11 is 0. The third-order valence-electron chi connectivity index (χ3n) is 6.83. The third-order valence-corrected chi connectivity index (χ3v) is 6.83. The predicted octanol–water partition coefficient (Wildman–Crippen LogP) is 7.38. The maximum atomic E-state index is 12.7. The van der Waals surface area contributed by atoms with Crippen LogP contribution in [0.4, 0.5) is 18.0 Å². The summed E-state index contributed by atoms with van der Waals surface area (Å²) in [4.78, 5) is 16.5. The number of benzene rings is 1. The fourth-order valence-electron chi connectivity index (χ4n) is 4.59. The second-order valence-corrected chi connectivity index (χ2v) is 9.54. The van der Waals surface area contributed by atoms with Crippen molar-refractivity contribution in [1.29, 1.82) is 0 Å². The molecule has 1 aromatic carbocycles. The topological polar surface area (TPSA) is 32.8 Å². The normalized spacial score (nSPS) is 19.0. The van der Waals surface area contributed by atoms with Gasteiger partial charge in [-0.25, -0.2) is 4.79 Å². The molecular formula is C26H41F3N2O2. The summed E-state index contributed by atoms with van der Waals surface area (Å²) < 4.78 is 43.3. The quantitative estimate of drug-likeness (QED) is 0.299. The number of nitrogens with zero attached hydrogens (tertiary/aromatic N) is 2. The molecule has 0 N–H and O–H groups in total. The monoisotopic (exact) mass is 470 g/mol. The fraction of sp³-hybridized carbons (Fsp3) is 0.731. The lowest BCUT2D eigenvalue weighted by Gasteiger charge is -2.34. The van der Waals surface area contributed by atoms with Gasteiger partial charge in [0, 0.05) is 13.1 Å². The zero-order valence-corrected chi connectivity index (χ0v) is 20.5. The maximum Gasteiger partial charge on any atom is 0.416 e. The third kappa shape index (κ3) is 9.95. The van der Waals surface area contributed by atoms with Crippen LogP contribution < -0.4 is 4.74 Å². The maximum absolute atomic E-state index is 12.7. The van der Waals surface area contributed by atoms with Crippen molar-refractivity contribution in [3.05, 3.63) is 29.8 Å². The molecule has 0 aliphatic heterocycles. The van der Waals surface area contributed by atoms with E-state index in [0.717, 1.165) is 43.7 Å². The molecule has 1 aromatic rings. The molecule has 188 valence electrons. The van der Waals surface area contributed by atoms with Crippen LogP contribution in [0.2, 0.25) is 0 Å². The lowest BCUT2D eigenvalue weighted by molar-refractivity contribution is -0.137. The Morgan fingerprint density at radius 2 is 1.55 bits per heavy atom. The minimum Gasteiger partial charge on any atom is -0.410 e. The Hall–Kier alpha value is -1.76. The molecule has 1 amide bonds. The SMILES string of the molecule is CCCCCN(C)CCCCC[C@H]1CC[C@H](N(C)C(=O)Oc2ccc(C(F)(F)F)cc2)CC1. The molecule has 0 saturated heterocycles. The van der Waals surface area contributed by atoms with E-state index < -0.39 is 17.8 Å². The largest absolute Gasteiger partial charge is 0.416 e. The minimum absolute atomic E-state index is 0.125. The molecule has 1 saturated carbocycles. The van der Waals surface area contributed by atoms with Crippen molar-refractivity contribution in [2.45, 2.75) is 89.8 Å². The Kier molecular flexibility index (Phi) is 11.5. The van der Waals surface area contributed by atoms with E-state index in [1.807, 2.05) is 0 Å². The van der Waals surface area contributed by atoms with E-state index in [1.165, 1.54) is 70.2 Å². The van der Waals surface area contributed by atoms with Crippen molar-refractivity contribution in [2.24, 2.45) is 5.92 Å². The van der Waals surface area contributed by atoms with Gasteiger partial charge in [0.2, 0.25) is 0 Å². The average molecular weight is 471 g/mol. The highest BCUT2D eigenvalue weighted by atomic mass is 19.4. The van der Waals surface area contributed by atoms with Crippen LogP contribution in [0.3, 0.4) is 0 Å². The first-order valence-electron chi connectivity index (χ1n) is 12.5. The molecular weight excluding hydrogens is 429 g/mol. The number of rotatable bonds is 12. The van der Waals surface area contributed by atoms with Crippen molar-refractivity contribution in [1.82, 2.24) is 9.80 Å². The number of halogens is 3. The summed E-state index contributed by atoms with van der Waals surface area (Å²) in [6.07, 6.45) is 8.14. The van der Waals surface area contributed by atoms with Crippen molar-refractivity contribution in [2.75, 3.05) is 27.2 Å². The Balaban J connectivity index is 1.62. The molecule has 1 fully saturated rings. The van der Waals surface area contributed by atoms with Gasteiger partial charge in [0.25, 0.3) is 0 Å². The highest BCUT2D eigenvalue weighted by Gasteiger charge is 2.31. The lowest BCUT2D eigenvalue weighted by Crippen LogP contribution is -2.41. The highest BCUT2D eigenvalue weighted by Crippen LogP contribution is 2.32. The predicted molar refractivity (Wildman–Crippen MR) is 126 cm³/mol. The highest BCUT2D eigenvalue weighted by molar-refractivity contribution is 5.70.